The van der Waals surface area contributed by atoms with Crippen LogP contribution in [0.4, 0.5) is 0 Å². The van der Waals surface area contributed by atoms with Crippen molar-refractivity contribution in [3.05, 3.63) is 23.9 Å². The van der Waals surface area contributed by atoms with Gasteiger partial charge in [-0.3, -0.25) is 4.40 Å². The number of rotatable bonds is 2. The molecule has 0 aromatic carbocycles. The van der Waals surface area contributed by atoms with Gasteiger partial charge in [0.2, 0.25) is 0 Å². The molecule has 0 spiro atoms. The van der Waals surface area contributed by atoms with E-state index in [2.05, 4.69) is 15.2 Å². The molecule has 0 radical (unpaired) electrons. The quantitative estimate of drug-likeness (QED) is 0.742. The first kappa shape index (κ1) is 9.08. The van der Waals surface area contributed by atoms with E-state index in [4.69, 9.17) is 5.73 Å². The van der Waals surface area contributed by atoms with Crippen molar-refractivity contribution in [2.24, 2.45) is 5.73 Å². The van der Waals surface area contributed by atoms with E-state index in [0.29, 0.717) is 6.42 Å². The van der Waals surface area contributed by atoms with Crippen LogP contribution in [0.3, 0.4) is 0 Å². The maximum Gasteiger partial charge on any atom is 0.163 e. The Morgan fingerprint density at radius 2 is 2.29 bits per heavy atom. The van der Waals surface area contributed by atoms with Crippen LogP contribution in [0.1, 0.15) is 18.4 Å². The first-order valence-electron chi connectivity index (χ1n) is 4.58. The van der Waals surface area contributed by atoms with Gasteiger partial charge in [-0.1, -0.05) is 0 Å². The van der Waals surface area contributed by atoms with Crippen molar-refractivity contribution in [2.45, 2.75) is 26.3 Å². The second-order valence-corrected chi connectivity index (χ2v) is 3.56. The summed E-state index contributed by atoms with van der Waals surface area (Å²) in [4.78, 5) is 4.19. The Balaban J connectivity index is 2.47. The Morgan fingerprint density at radius 1 is 1.50 bits per heavy atom. The average molecular weight is 191 g/mol. The molecule has 0 aliphatic rings. The van der Waals surface area contributed by atoms with E-state index < -0.39 is 0 Å². The minimum absolute atomic E-state index is 0.0868. The van der Waals surface area contributed by atoms with Crippen LogP contribution >= 0.6 is 0 Å². The molecule has 0 aliphatic heterocycles. The minimum atomic E-state index is 0.0868. The minimum Gasteiger partial charge on any atom is -0.328 e. The molecule has 5 heteroatoms. The van der Waals surface area contributed by atoms with Crippen molar-refractivity contribution in [1.82, 2.24) is 19.6 Å². The van der Waals surface area contributed by atoms with E-state index in [9.17, 15) is 0 Å². The first-order valence-corrected chi connectivity index (χ1v) is 4.58. The van der Waals surface area contributed by atoms with Gasteiger partial charge in [0, 0.05) is 24.2 Å². The summed E-state index contributed by atoms with van der Waals surface area (Å²) < 4.78 is 1.87. The van der Waals surface area contributed by atoms with Gasteiger partial charge in [-0.15, -0.1) is 10.2 Å². The van der Waals surface area contributed by atoms with Gasteiger partial charge in [-0.2, -0.15) is 0 Å². The fourth-order valence-electron chi connectivity index (χ4n) is 1.36. The summed E-state index contributed by atoms with van der Waals surface area (Å²) in [7, 11) is 0. The molecule has 2 N–H and O–H groups in total. The molecule has 0 fully saturated rings. The lowest BCUT2D eigenvalue weighted by molar-refractivity contribution is 0.693. The largest absolute Gasteiger partial charge is 0.328 e. The third-order valence-electron chi connectivity index (χ3n) is 2.01. The molecule has 0 bridgehead atoms. The van der Waals surface area contributed by atoms with Gasteiger partial charge in [0.05, 0.1) is 0 Å². The molecule has 2 aromatic rings. The van der Waals surface area contributed by atoms with Gasteiger partial charge in [0.1, 0.15) is 12.2 Å². The third-order valence-corrected chi connectivity index (χ3v) is 2.01. The molecule has 1 atom stereocenters. The van der Waals surface area contributed by atoms with E-state index in [1.165, 1.54) is 0 Å². The van der Waals surface area contributed by atoms with Crippen molar-refractivity contribution in [3.63, 3.8) is 0 Å². The molecule has 2 aromatic heterocycles. The highest BCUT2D eigenvalue weighted by atomic mass is 15.3. The van der Waals surface area contributed by atoms with Crippen LogP contribution in [0.25, 0.3) is 5.65 Å². The fraction of sp³-hybridized carbons (Fsp3) is 0.444. The Bertz CT molecular complexity index is 445. The standard InChI is InChI=1S/C9H13N5/c1-6(10)3-8-12-13-9-4-7(2)11-5-14(8)9/h4-6H,3,10H2,1-2H3. The van der Waals surface area contributed by atoms with E-state index in [0.717, 1.165) is 17.2 Å². The molecule has 14 heavy (non-hydrogen) atoms. The highest BCUT2D eigenvalue weighted by Gasteiger charge is 2.07. The van der Waals surface area contributed by atoms with Crippen molar-refractivity contribution in [3.8, 4) is 0 Å². The van der Waals surface area contributed by atoms with Crippen LogP contribution in [-0.4, -0.2) is 25.6 Å². The van der Waals surface area contributed by atoms with Crippen LogP contribution in [-0.2, 0) is 6.42 Å². The van der Waals surface area contributed by atoms with Gasteiger partial charge in [0.15, 0.2) is 5.65 Å². The van der Waals surface area contributed by atoms with Crippen molar-refractivity contribution in [2.75, 3.05) is 0 Å². The lowest BCUT2D eigenvalue weighted by Crippen LogP contribution is -2.19. The predicted molar refractivity (Wildman–Crippen MR) is 52.9 cm³/mol. The van der Waals surface area contributed by atoms with Gasteiger partial charge >= 0.3 is 0 Å². The molecule has 0 saturated heterocycles. The lowest BCUT2D eigenvalue weighted by Gasteiger charge is -2.02. The number of hydrogen-bond acceptors (Lipinski definition) is 4. The second-order valence-electron chi connectivity index (χ2n) is 3.56. The Hall–Kier alpha value is -1.49. The van der Waals surface area contributed by atoms with Crippen LogP contribution < -0.4 is 5.73 Å². The summed E-state index contributed by atoms with van der Waals surface area (Å²) in [6, 6.07) is 1.99. The second kappa shape index (κ2) is 3.34. The van der Waals surface area contributed by atoms with Crippen molar-refractivity contribution in [1.29, 1.82) is 0 Å². The van der Waals surface area contributed by atoms with Crippen LogP contribution in [0.15, 0.2) is 12.4 Å². The molecule has 74 valence electrons. The summed E-state index contributed by atoms with van der Waals surface area (Å²) >= 11 is 0. The number of aryl methyl sites for hydroxylation is 1. The number of hydrogen-bond donors (Lipinski definition) is 1. The first-order chi connectivity index (χ1) is 6.66. The van der Waals surface area contributed by atoms with Gasteiger partial charge in [0.25, 0.3) is 0 Å². The highest BCUT2D eigenvalue weighted by molar-refractivity contribution is 5.38. The summed E-state index contributed by atoms with van der Waals surface area (Å²) in [6.45, 7) is 3.88. The van der Waals surface area contributed by atoms with Gasteiger partial charge < -0.3 is 5.73 Å². The third kappa shape index (κ3) is 1.58. The maximum atomic E-state index is 5.70. The summed E-state index contributed by atoms with van der Waals surface area (Å²) in [6.07, 6.45) is 2.45. The topological polar surface area (TPSA) is 69.1 Å². The molecular weight excluding hydrogens is 178 g/mol. The number of aromatic nitrogens is 4. The smallest absolute Gasteiger partial charge is 0.163 e. The Kier molecular flexibility index (Phi) is 2.17. The molecule has 2 heterocycles. The monoisotopic (exact) mass is 191 g/mol. The van der Waals surface area contributed by atoms with Gasteiger partial charge in [-0.25, -0.2) is 4.98 Å². The normalized spacial score (nSPS) is 13.4. The van der Waals surface area contributed by atoms with E-state index in [1.54, 1.807) is 6.33 Å². The maximum absolute atomic E-state index is 5.70. The zero-order valence-electron chi connectivity index (χ0n) is 8.31. The van der Waals surface area contributed by atoms with Crippen molar-refractivity contribution < 1.29 is 0 Å². The van der Waals surface area contributed by atoms with E-state index in [-0.39, 0.29) is 6.04 Å². The molecule has 2 rings (SSSR count). The zero-order chi connectivity index (χ0) is 10.1. The summed E-state index contributed by atoms with van der Waals surface area (Å²) in [5.41, 5.74) is 7.47. The predicted octanol–water partition coefficient (Wildman–Crippen LogP) is 0.322. The number of fused-ring (bicyclic) bond motifs is 1. The molecule has 1 unspecified atom stereocenters. The van der Waals surface area contributed by atoms with E-state index in [1.807, 2.05) is 24.3 Å². The van der Waals surface area contributed by atoms with E-state index >= 15 is 0 Å². The zero-order valence-corrected chi connectivity index (χ0v) is 8.31. The van der Waals surface area contributed by atoms with Crippen LogP contribution in [0.2, 0.25) is 0 Å². The Labute approximate surface area is 82.0 Å². The summed E-state index contributed by atoms with van der Waals surface area (Å²) in [5.74, 6) is 0.863. The molecule has 0 aliphatic carbocycles. The molecule has 0 saturated carbocycles. The molecule has 5 nitrogen and oxygen atoms in total. The SMILES string of the molecule is Cc1cc2nnc(CC(C)N)n2cn1. The van der Waals surface area contributed by atoms with Crippen LogP contribution in [0, 0.1) is 6.92 Å². The average Bonchev–Trinajstić information content (AvgIpc) is 2.47. The lowest BCUT2D eigenvalue weighted by atomic mass is 10.2. The molecular formula is C9H13N5. The van der Waals surface area contributed by atoms with Gasteiger partial charge in [-0.05, 0) is 13.8 Å². The van der Waals surface area contributed by atoms with Crippen molar-refractivity contribution >= 4 is 5.65 Å². The molecule has 0 amide bonds. The number of nitrogens with zero attached hydrogens (tertiary/aromatic N) is 4. The fourth-order valence-corrected chi connectivity index (χ4v) is 1.36. The number of nitrogens with two attached hydrogens (primary N) is 1. The summed E-state index contributed by atoms with van der Waals surface area (Å²) in [5, 5.41) is 8.12. The van der Waals surface area contributed by atoms with Crippen LogP contribution in [0.5, 0.6) is 0 Å². The highest BCUT2D eigenvalue weighted by Crippen LogP contribution is 2.05. The Morgan fingerprint density at radius 3 is 3.00 bits per heavy atom.